The summed E-state index contributed by atoms with van der Waals surface area (Å²) < 4.78 is 0. The number of para-hydroxylation sites is 1. The fourth-order valence-corrected chi connectivity index (χ4v) is 7.33. The number of anilines is 1. The molecule has 5 aliphatic rings. The number of quaternary nitrogens is 2. The molecule has 5 aliphatic heterocycles. The van der Waals surface area contributed by atoms with Crippen LogP contribution in [0.3, 0.4) is 0 Å². The molecule has 5 heterocycles. The van der Waals surface area contributed by atoms with Crippen LogP contribution in [0, 0.1) is 10.8 Å². The molecule has 1 aromatic rings. The van der Waals surface area contributed by atoms with Crippen LogP contribution in [-0.2, 0) is 15.3 Å². The molecule has 144 valence electrons. The van der Waals surface area contributed by atoms with Crippen molar-refractivity contribution in [2.45, 2.75) is 45.2 Å². The highest BCUT2D eigenvalue weighted by Gasteiger charge is 2.80. The monoisotopic (exact) mass is 369 g/mol. The quantitative estimate of drug-likeness (QED) is 0.770. The van der Waals surface area contributed by atoms with Gasteiger partial charge in [-0.2, -0.15) is 0 Å². The molecule has 5 nitrogen and oxygen atoms in total. The Labute approximate surface area is 161 Å². The highest BCUT2D eigenvalue weighted by molar-refractivity contribution is 6.05. The Morgan fingerprint density at radius 2 is 1.44 bits per heavy atom. The molecule has 1 aromatic carbocycles. The van der Waals surface area contributed by atoms with Crippen molar-refractivity contribution in [3.05, 3.63) is 29.8 Å². The molecular formula is C22H31N3O2+2. The summed E-state index contributed by atoms with van der Waals surface area (Å²) in [5.74, 6) is 0.742. The Balaban J connectivity index is 1.69. The third-order valence-corrected chi connectivity index (χ3v) is 7.98. The number of carbonyl (C=O) groups excluding carboxylic acids is 2. The molecule has 0 aromatic heterocycles. The van der Waals surface area contributed by atoms with Crippen molar-refractivity contribution in [1.29, 1.82) is 0 Å². The SMILES string of the molecule is CCCC12C[NH+]3CC(CCC)(C[NH+](C1)C31C(=O)N(C)c3ccccc31)C2=O. The van der Waals surface area contributed by atoms with Gasteiger partial charge in [0.1, 0.15) is 42.6 Å². The van der Waals surface area contributed by atoms with E-state index in [4.69, 9.17) is 0 Å². The molecule has 1 amide bonds. The summed E-state index contributed by atoms with van der Waals surface area (Å²) in [4.78, 5) is 31.9. The Morgan fingerprint density at radius 1 is 0.926 bits per heavy atom. The molecule has 4 saturated heterocycles. The molecule has 4 bridgehead atoms. The van der Waals surface area contributed by atoms with E-state index in [1.54, 1.807) is 0 Å². The minimum Gasteiger partial charge on any atom is -0.303 e. The van der Waals surface area contributed by atoms with E-state index in [2.05, 4.69) is 32.0 Å². The van der Waals surface area contributed by atoms with Crippen molar-refractivity contribution in [3.63, 3.8) is 0 Å². The van der Waals surface area contributed by atoms with Crippen LogP contribution in [0.25, 0.3) is 0 Å². The van der Waals surface area contributed by atoms with E-state index in [1.165, 1.54) is 15.4 Å². The van der Waals surface area contributed by atoms with Crippen LogP contribution in [0.2, 0.25) is 0 Å². The molecule has 0 aliphatic carbocycles. The first kappa shape index (κ1) is 17.4. The van der Waals surface area contributed by atoms with Crippen LogP contribution >= 0.6 is 0 Å². The predicted octanol–water partition coefficient (Wildman–Crippen LogP) is -0.231. The Hall–Kier alpha value is -1.72. The molecule has 1 spiro atoms. The largest absolute Gasteiger partial charge is 0.353 e. The van der Waals surface area contributed by atoms with Gasteiger partial charge >= 0.3 is 11.6 Å². The number of hydrogen-bond acceptors (Lipinski definition) is 2. The molecule has 0 atom stereocenters. The molecule has 0 unspecified atom stereocenters. The van der Waals surface area contributed by atoms with Crippen molar-refractivity contribution < 1.29 is 19.4 Å². The number of ketones is 1. The molecule has 5 heteroatoms. The average Bonchev–Trinajstić information content (AvgIpc) is 2.86. The zero-order valence-electron chi connectivity index (χ0n) is 16.7. The van der Waals surface area contributed by atoms with Gasteiger partial charge in [0, 0.05) is 7.05 Å². The number of amides is 1. The minimum absolute atomic E-state index is 0.221. The van der Waals surface area contributed by atoms with Crippen molar-refractivity contribution in [2.75, 3.05) is 38.1 Å². The van der Waals surface area contributed by atoms with Crippen LogP contribution in [0.5, 0.6) is 0 Å². The van der Waals surface area contributed by atoms with Gasteiger partial charge in [-0.25, -0.2) is 0 Å². The van der Waals surface area contributed by atoms with Crippen LogP contribution in [-0.4, -0.2) is 44.9 Å². The molecular weight excluding hydrogens is 338 g/mol. The van der Waals surface area contributed by atoms with Gasteiger partial charge in [0.15, 0.2) is 5.78 Å². The van der Waals surface area contributed by atoms with Crippen molar-refractivity contribution in [2.24, 2.45) is 10.8 Å². The Morgan fingerprint density at radius 3 is 1.96 bits per heavy atom. The lowest BCUT2D eigenvalue weighted by molar-refractivity contribution is -1.20. The number of nitrogens with zero attached hydrogens (tertiary/aromatic N) is 1. The maximum atomic E-state index is 13.7. The Bertz CT molecular complexity index is 789. The molecule has 6 rings (SSSR count). The summed E-state index contributed by atoms with van der Waals surface area (Å²) in [6, 6.07) is 8.31. The summed E-state index contributed by atoms with van der Waals surface area (Å²) in [6.07, 6.45) is 4.00. The number of Topliss-reactive ketones (excluding diaryl/α,β-unsaturated/α-hetero) is 1. The van der Waals surface area contributed by atoms with E-state index >= 15 is 0 Å². The first-order chi connectivity index (χ1) is 12.9. The second-order valence-electron chi connectivity index (χ2n) is 9.44. The van der Waals surface area contributed by atoms with Crippen LogP contribution < -0.4 is 14.7 Å². The number of piperidine rings is 2. The van der Waals surface area contributed by atoms with Gasteiger partial charge in [-0.1, -0.05) is 38.8 Å². The van der Waals surface area contributed by atoms with Crippen molar-refractivity contribution in [3.8, 4) is 0 Å². The lowest BCUT2D eigenvalue weighted by atomic mass is 9.56. The maximum absolute atomic E-state index is 13.7. The normalized spacial score (nSPS) is 41.7. The fraction of sp³-hybridized carbons (Fsp3) is 0.636. The minimum atomic E-state index is -0.541. The number of likely N-dealkylation sites (N-methyl/N-ethyl adjacent to an activating group) is 1. The summed E-state index contributed by atoms with van der Waals surface area (Å²) >= 11 is 0. The van der Waals surface area contributed by atoms with E-state index < -0.39 is 5.66 Å². The van der Waals surface area contributed by atoms with Gasteiger partial charge in [-0.15, -0.1) is 0 Å². The van der Waals surface area contributed by atoms with E-state index in [-0.39, 0.29) is 16.7 Å². The van der Waals surface area contributed by atoms with Gasteiger partial charge in [0.2, 0.25) is 0 Å². The number of benzene rings is 1. The zero-order valence-corrected chi connectivity index (χ0v) is 16.7. The lowest BCUT2D eigenvalue weighted by Gasteiger charge is -2.63. The fourth-order valence-electron chi connectivity index (χ4n) is 7.33. The van der Waals surface area contributed by atoms with Gasteiger partial charge < -0.3 is 4.90 Å². The van der Waals surface area contributed by atoms with Crippen LogP contribution in [0.15, 0.2) is 24.3 Å². The van der Waals surface area contributed by atoms with Crippen LogP contribution in [0.1, 0.15) is 45.1 Å². The van der Waals surface area contributed by atoms with E-state index in [0.717, 1.165) is 57.5 Å². The first-order valence-corrected chi connectivity index (χ1v) is 10.6. The standard InChI is InChI=1S/C22H29N3O2/c1-4-10-20-12-24-14-21(11-5-2,18(20)26)15-25(13-20)22(24)16-8-6-7-9-17(16)23(3)19(22)27/h6-9H,4-5,10-15H2,1-3H3/p+2. The predicted molar refractivity (Wildman–Crippen MR) is 103 cm³/mol. The van der Waals surface area contributed by atoms with Gasteiger partial charge in [0.25, 0.3) is 0 Å². The Kier molecular flexibility index (Phi) is 3.49. The highest BCUT2D eigenvalue weighted by atomic mass is 16.2. The topological polar surface area (TPSA) is 46.3 Å². The van der Waals surface area contributed by atoms with Gasteiger partial charge in [0.05, 0.1) is 5.69 Å². The number of hydrogen-bond donors (Lipinski definition) is 2. The molecule has 0 radical (unpaired) electrons. The number of fused-ring (bicyclic) bond motifs is 1. The molecule has 2 N–H and O–H groups in total. The second-order valence-corrected chi connectivity index (χ2v) is 9.44. The van der Waals surface area contributed by atoms with Gasteiger partial charge in [-0.3, -0.25) is 19.4 Å². The van der Waals surface area contributed by atoms with E-state index in [0.29, 0.717) is 5.78 Å². The summed E-state index contributed by atoms with van der Waals surface area (Å²) in [5.41, 5.74) is 1.22. The summed E-state index contributed by atoms with van der Waals surface area (Å²) in [6.45, 7) is 7.66. The highest BCUT2D eigenvalue weighted by Crippen LogP contribution is 2.46. The number of rotatable bonds is 4. The maximum Gasteiger partial charge on any atom is 0.353 e. The van der Waals surface area contributed by atoms with Gasteiger partial charge in [-0.05, 0) is 25.0 Å². The van der Waals surface area contributed by atoms with Crippen LogP contribution in [0.4, 0.5) is 5.69 Å². The molecule has 0 saturated carbocycles. The van der Waals surface area contributed by atoms with Crippen molar-refractivity contribution >= 4 is 17.4 Å². The number of nitrogens with one attached hydrogen (secondary N) is 2. The second kappa shape index (κ2) is 5.42. The average molecular weight is 370 g/mol. The smallest absolute Gasteiger partial charge is 0.303 e. The first-order valence-electron chi connectivity index (χ1n) is 10.6. The molecule has 4 fully saturated rings. The number of carbonyl (C=O) groups is 2. The third kappa shape index (κ3) is 1.82. The molecule has 27 heavy (non-hydrogen) atoms. The third-order valence-electron chi connectivity index (χ3n) is 7.98. The summed E-state index contributed by atoms with van der Waals surface area (Å²) in [5, 5.41) is 0. The summed E-state index contributed by atoms with van der Waals surface area (Å²) in [7, 11) is 1.91. The zero-order chi connectivity index (χ0) is 19.0. The van der Waals surface area contributed by atoms with E-state index in [9.17, 15) is 9.59 Å². The van der Waals surface area contributed by atoms with Crippen molar-refractivity contribution in [1.82, 2.24) is 0 Å². The lowest BCUT2D eigenvalue weighted by Crippen LogP contribution is -3.49. The van der Waals surface area contributed by atoms with E-state index in [1.807, 2.05) is 18.0 Å².